The number of nitriles is 1. The first-order valence-corrected chi connectivity index (χ1v) is 6.78. The SMILES string of the molecule is CCCCCN(C(=O)C(C#N)CCC)C(C)C. The Morgan fingerprint density at radius 3 is 2.29 bits per heavy atom. The van der Waals surface area contributed by atoms with Crippen molar-refractivity contribution in [3.05, 3.63) is 0 Å². The van der Waals surface area contributed by atoms with Gasteiger partial charge in [0.1, 0.15) is 5.92 Å². The van der Waals surface area contributed by atoms with E-state index in [2.05, 4.69) is 13.0 Å². The van der Waals surface area contributed by atoms with E-state index in [-0.39, 0.29) is 11.9 Å². The van der Waals surface area contributed by atoms with Crippen LogP contribution >= 0.6 is 0 Å². The highest BCUT2D eigenvalue weighted by atomic mass is 16.2. The Morgan fingerprint density at radius 1 is 1.24 bits per heavy atom. The van der Waals surface area contributed by atoms with E-state index in [1.165, 1.54) is 0 Å². The minimum atomic E-state index is -0.455. The number of carbonyl (C=O) groups excluding carboxylic acids is 1. The summed E-state index contributed by atoms with van der Waals surface area (Å²) in [6.45, 7) is 8.98. The quantitative estimate of drug-likeness (QED) is 0.609. The van der Waals surface area contributed by atoms with Crippen molar-refractivity contribution < 1.29 is 4.79 Å². The van der Waals surface area contributed by atoms with Gasteiger partial charge in [-0.1, -0.05) is 33.1 Å². The van der Waals surface area contributed by atoms with Crippen molar-refractivity contribution in [1.29, 1.82) is 5.26 Å². The summed E-state index contributed by atoms with van der Waals surface area (Å²) in [5, 5.41) is 9.03. The summed E-state index contributed by atoms with van der Waals surface area (Å²) in [7, 11) is 0. The number of rotatable bonds is 8. The molecule has 0 fully saturated rings. The Bertz CT molecular complexity index is 255. The fourth-order valence-corrected chi connectivity index (χ4v) is 1.89. The van der Waals surface area contributed by atoms with Crippen LogP contribution < -0.4 is 0 Å². The Hall–Kier alpha value is -1.04. The van der Waals surface area contributed by atoms with Crippen molar-refractivity contribution in [1.82, 2.24) is 4.90 Å². The highest BCUT2D eigenvalue weighted by molar-refractivity contribution is 5.81. The number of unbranched alkanes of at least 4 members (excludes halogenated alkanes) is 2. The third kappa shape index (κ3) is 5.72. The number of nitrogens with zero attached hydrogens (tertiary/aromatic N) is 2. The van der Waals surface area contributed by atoms with Crippen molar-refractivity contribution in [2.45, 2.75) is 65.8 Å². The number of hydrogen-bond donors (Lipinski definition) is 0. The van der Waals surface area contributed by atoms with Gasteiger partial charge in [0.15, 0.2) is 0 Å². The summed E-state index contributed by atoms with van der Waals surface area (Å²) < 4.78 is 0. The maximum absolute atomic E-state index is 12.2. The molecule has 0 aromatic rings. The minimum absolute atomic E-state index is 0.0143. The second-order valence-corrected chi connectivity index (χ2v) is 4.80. The first kappa shape index (κ1) is 16.0. The molecule has 0 heterocycles. The largest absolute Gasteiger partial charge is 0.339 e. The van der Waals surface area contributed by atoms with Gasteiger partial charge in [-0.3, -0.25) is 4.79 Å². The van der Waals surface area contributed by atoms with E-state index >= 15 is 0 Å². The summed E-state index contributed by atoms with van der Waals surface area (Å²) in [4.78, 5) is 14.1. The van der Waals surface area contributed by atoms with Crippen LogP contribution in [0.15, 0.2) is 0 Å². The molecule has 0 aromatic carbocycles. The van der Waals surface area contributed by atoms with Crippen molar-refractivity contribution in [3.63, 3.8) is 0 Å². The number of amides is 1. The molecule has 0 radical (unpaired) electrons. The molecule has 0 rings (SSSR count). The normalized spacial score (nSPS) is 12.2. The minimum Gasteiger partial charge on any atom is -0.339 e. The van der Waals surface area contributed by atoms with Gasteiger partial charge < -0.3 is 4.90 Å². The summed E-state index contributed by atoms with van der Waals surface area (Å²) in [5.74, 6) is -0.440. The number of carbonyl (C=O) groups is 1. The van der Waals surface area contributed by atoms with Crippen molar-refractivity contribution in [2.75, 3.05) is 6.54 Å². The highest BCUT2D eigenvalue weighted by Crippen LogP contribution is 2.13. The Balaban J connectivity index is 4.47. The lowest BCUT2D eigenvalue weighted by atomic mass is 10.0. The van der Waals surface area contributed by atoms with Gasteiger partial charge in [0.05, 0.1) is 6.07 Å². The van der Waals surface area contributed by atoms with E-state index in [0.717, 1.165) is 32.2 Å². The third-order valence-corrected chi connectivity index (χ3v) is 2.94. The topological polar surface area (TPSA) is 44.1 Å². The van der Waals surface area contributed by atoms with Crippen LogP contribution in [0.5, 0.6) is 0 Å². The Kier molecular flexibility index (Phi) is 8.49. The van der Waals surface area contributed by atoms with E-state index in [4.69, 9.17) is 5.26 Å². The van der Waals surface area contributed by atoms with Gasteiger partial charge in [0, 0.05) is 12.6 Å². The van der Waals surface area contributed by atoms with Gasteiger partial charge in [-0.05, 0) is 26.7 Å². The molecule has 98 valence electrons. The molecule has 0 bridgehead atoms. The fraction of sp³-hybridized carbons (Fsp3) is 0.857. The summed E-state index contributed by atoms with van der Waals surface area (Å²) in [6.07, 6.45) is 4.88. The lowest BCUT2D eigenvalue weighted by Crippen LogP contribution is -2.41. The highest BCUT2D eigenvalue weighted by Gasteiger charge is 2.24. The average molecular weight is 238 g/mol. The van der Waals surface area contributed by atoms with E-state index in [9.17, 15) is 4.79 Å². The van der Waals surface area contributed by atoms with Crippen LogP contribution in [0.1, 0.15) is 59.8 Å². The van der Waals surface area contributed by atoms with Crippen LogP contribution in [-0.4, -0.2) is 23.4 Å². The summed E-state index contributed by atoms with van der Waals surface area (Å²) in [6, 6.07) is 2.32. The van der Waals surface area contributed by atoms with E-state index in [1.807, 2.05) is 25.7 Å². The molecule has 1 amide bonds. The smallest absolute Gasteiger partial charge is 0.240 e. The molecule has 0 spiro atoms. The lowest BCUT2D eigenvalue weighted by molar-refractivity contribution is -0.135. The molecule has 17 heavy (non-hydrogen) atoms. The number of hydrogen-bond acceptors (Lipinski definition) is 2. The zero-order chi connectivity index (χ0) is 13.3. The third-order valence-electron chi connectivity index (χ3n) is 2.94. The van der Waals surface area contributed by atoms with Gasteiger partial charge in [-0.25, -0.2) is 0 Å². The molecular formula is C14H26N2O. The zero-order valence-electron chi connectivity index (χ0n) is 11.7. The molecule has 0 aliphatic carbocycles. The van der Waals surface area contributed by atoms with Crippen molar-refractivity contribution in [2.24, 2.45) is 5.92 Å². The molecular weight excluding hydrogens is 212 g/mol. The molecule has 1 unspecified atom stereocenters. The Morgan fingerprint density at radius 2 is 1.88 bits per heavy atom. The van der Waals surface area contributed by atoms with Crippen molar-refractivity contribution in [3.8, 4) is 6.07 Å². The van der Waals surface area contributed by atoms with Crippen LogP contribution in [0, 0.1) is 17.2 Å². The first-order chi connectivity index (χ1) is 8.08. The van der Waals surface area contributed by atoms with E-state index in [1.54, 1.807) is 0 Å². The Labute approximate surface area is 106 Å². The summed E-state index contributed by atoms with van der Waals surface area (Å²) in [5.41, 5.74) is 0. The molecule has 1 atom stereocenters. The molecule has 0 N–H and O–H groups in total. The van der Waals surface area contributed by atoms with Gasteiger partial charge in [0.25, 0.3) is 0 Å². The predicted octanol–water partition coefficient (Wildman–Crippen LogP) is 3.35. The van der Waals surface area contributed by atoms with Gasteiger partial charge in [0.2, 0.25) is 5.91 Å². The predicted molar refractivity (Wildman–Crippen MR) is 70.4 cm³/mol. The molecule has 0 saturated heterocycles. The monoisotopic (exact) mass is 238 g/mol. The molecule has 3 heteroatoms. The average Bonchev–Trinajstić information content (AvgIpc) is 2.30. The second-order valence-electron chi connectivity index (χ2n) is 4.80. The molecule has 0 aliphatic rings. The van der Waals surface area contributed by atoms with Crippen molar-refractivity contribution >= 4 is 5.91 Å². The standard InChI is InChI=1S/C14H26N2O/c1-5-7-8-10-16(12(3)4)14(17)13(11-15)9-6-2/h12-13H,5-10H2,1-4H3. The second kappa shape index (κ2) is 9.04. The molecule has 0 aromatic heterocycles. The fourth-order valence-electron chi connectivity index (χ4n) is 1.89. The molecule has 0 saturated carbocycles. The summed E-state index contributed by atoms with van der Waals surface area (Å²) >= 11 is 0. The zero-order valence-corrected chi connectivity index (χ0v) is 11.7. The molecule has 3 nitrogen and oxygen atoms in total. The van der Waals surface area contributed by atoms with Crippen LogP contribution in [0.25, 0.3) is 0 Å². The van der Waals surface area contributed by atoms with Gasteiger partial charge in [-0.15, -0.1) is 0 Å². The van der Waals surface area contributed by atoms with Gasteiger partial charge in [-0.2, -0.15) is 5.26 Å². The lowest BCUT2D eigenvalue weighted by Gasteiger charge is -2.28. The van der Waals surface area contributed by atoms with Crippen LogP contribution in [0.4, 0.5) is 0 Å². The first-order valence-electron chi connectivity index (χ1n) is 6.78. The maximum atomic E-state index is 12.2. The van der Waals surface area contributed by atoms with E-state index in [0.29, 0.717) is 6.42 Å². The molecule has 0 aliphatic heterocycles. The van der Waals surface area contributed by atoms with Crippen LogP contribution in [0.2, 0.25) is 0 Å². The van der Waals surface area contributed by atoms with E-state index < -0.39 is 5.92 Å². The van der Waals surface area contributed by atoms with Crippen LogP contribution in [0.3, 0.4) is 0 Å². The maximum Gasteiger partial charge on any atom is 0.240 e. The van der Waals surface area contributed by atoms with Gasteiger partial charge >= 0.3 is 0 Å². The van der Waals surface area contributed by atoms with Crippen LogP contribution in [-0.2, 0) is 4.79 Å².